The van der Waals surface area contributed by atoms with Gasteiger partial charge in [-0.1, -0.05) is 0 Å². The largest absolute Gasteiger partial charge is 0.252 e. The van der Waals surface area contributed by atoms with E-state index in [4.69, 9.17) is 0 Å². The average molecular weight is 102 g/mol. The van der Waals surface area contributed by atoms with E-state index in [1.165, 1.54) is 0 Å². The zero-order chi connectivity index (χ0) is 4.24. The van der Waals surface area contributed by atoms with Gasteiger partial charge in [-0.3, -0.25) is 4.83 Å². The summed E-state index contributed by atoms with van der Waals surface area (Å²) in [5.41, 5.74) is 0. The van der Waals surface area contributed by atoms with Gasteiger partial charge in [0.1, 0.15) is 0 Å². The summed E-state index contributed by atoms with van der Waals surface area (Å²) in [7, 11) is 0. The quantitative estimate of drug-likeness (QED) is 0.453. The Bertz CT molecular complexity index is 53.8. The van der Waals surface area contributed by atoms with Crippen LogP contribution < -0.4 is 4.83 Å². The second-order valence-electron chi connectivity index (χ2n) is 1.04. The lowest BCUT2D eigenvalue weighted by molar-refractivity contribution is 1.07. The normalized spacial score (nSPS) is 20.0. The predicted octanol–water partition coefficient (Wildman–Crippen LogP) is 0.614. The van der Waals surface area contributed by atoms with Crippen molar-refractivity contribution >= 4 is 18.2 Å². The van der Waals surface area contributed by atoms with E-state index >= 15 is 0 Å². The minimum absolute atomic E-state index is 1.11. The maximum Gasteiger partial charge on any atom is 0.0261 e. The third-order valence-electron chi connectivity index (χ3n) is 0.558. The van der Waals surface area contributed by atoms with E-state index in [2.05, 4.69) is 9.93 Å². The molecule has 1 heterocycles. The molecule has 0 aromatic rings. The molecular weight excluding hydrogens is 96.1 g/mol. The number of hydrogen-bond donors (Lipinski definition) is 1. The number of rotatable bonds is 0. The highest BCUT2D eigenvalue weighted by atomic mass is 32.2. The summed E-state index contributed by atoms with van der Waals surface area (Å²) in [5.74, 6) is 1.16. The van der Waals surface area contributed by atoms with Gasteiger partial charge in [0.2, 0.25) is 0 Å². The van der Waals surface area contributed by atoms with Crippen LogP contribution in [0, 0.1) is 0 Å². The molecule has 0 aromatic carbocycles. The smallest absolute Gasteiger partial charge is 0.0261 e. The summed E-state index contributed by atoms with van der Waals surface area (Å²) in [5, 5.41) is 3.77. The van der Waals surface area contributed by atoms with Gasteiger partial charge in [0.15, 0.2) is 0 Å². The topological polar surface area (TPSA) is 24.4 Å². The summed E-state index contributed by atoms with van der Waals surface area (Å²) < 4.78 is 0. The molecule has 0 aromatic heterocycles. The first kappa shape index (κ1) is 3.99. The van der Waals surface area contributed by atoms with Crippen LogP contribution in [0.5, 0.6) is 0 Å². The highest BCUT2D eigenvalue weighted by Crippen LogP contribution is 1.97. The van der Waals surface area contributed by atoms with Crippen molar-refractivity contribution in [3.8, 4) is 0 Å². The minimum atomic E-state index is 1.11. The van der Waals surface area contributed by atoms with Gasteiger partial charge in [-0.2, -0.15) is 5.10 Å². The van der Waals surface area contributed by atoms with Crippen LogP contribution in [-0.4, -0.2) is 12.0 Å². The first-order valence-electron chi connectivity index (χ1n) is 1.88. The molecule has 1 aliphatic rings. The van der Waals surface area contributed by atoms with Crippen molar-refractivity contribution < 1.29 is 0 Å². The van der Waals surface area contributed by atoms with E-state index in [-0.39, 0.29) is 0 Å². The third kappa shape index (κ3) is 0.897. The Morgan fingerprint density at radius 1 is 1.83 bits per heavy atom. The molecule has 3 heteroatoms. The lowest BCUT2D eigenvalue weighted by atomic mass is 10.5. The van der Waals surface area contributed by atoms with Crippen LogP contribution in [0.3, 0.4) is 0 Å². The Kier molecular flexibility index (Phi) is 1.38. The molecule has 0 saturated carbocycles. The molecule has 0 unspecified atom stereocenters. The molecule has 34 valence electrons. The fourth-order valence-electron chi connectivity index (χ4n) is 0.296. The molecule has 0 amide bonds. The number of hydrazone groups is 1. The first-order valence-corrected chi connectivity index (χ1v) is 2.87. The third-order valence-corrected chi connectivity index (χ3v) is 1.23. The van der Waals surface area contributed by atoms with Crippen molar-refractivity contribution in [2.24, 2.45) is 5.10 Å². The number of hydrogen-bond acceptors (Lipinski definition) is 3. The monoisotopic (exact) mass is 102 g/mol. The van der Waals surface area contributed by atoms with E-state index in [1.807, 2.05) is 6.21 Å². The Labute approximate surface area is 41.1 Å². The standard InChI is InChI=1S/C3H6N2S/c1-2-4-5-6-3-1/h2,5H,1,3H2. The highest BCUT2D eigenvalue weighted by Gasteiger charge is 1.86. The summed E-state index contributed by atoms with van der Waals surface area (Å²) in [6, 6.07) is 0. The Balaban J connectivity index is 2.26. The summed E-state index contributed by atoms with van der Waals surface area (Å²) in [6.45, 7) is 0. The van der Waals surface area contributed by atoms with Crippen molar-refractivity contribution in [2.45, 2.75) is 6.42 Å². The molecule has 0 bridgehead atoms. The van der Waals surface area contributed by atoms with E-state index in [1.54, 1.807) is 11.9 Å². The van der Waals surface area contributed by atoms with Gasteiger partial charge in [0.05, 0.1) is 0 Å². The van der Waals surface area contributed by atoms with E-state index < -0.39 is 0 Å². The molecule has 1 N–H and O–H groups in total. The second kappa shape index (κ2) is 2.08. The van der Waals surface area contributed by atoms with Gasteiger partial charge >= 0.3 is 0 Å². The Morgan fingerprint density at radius 2 is 2.83 bits per heavy atom. The van der Waals surface area contributed by atoms with Gasteiger partial charge in [0, 0.05) is 12.0 Å². The predicted molar refractivity (Wildman–Crippen MR) is 28.7 cm³/mol. The summed E-state index contributed by atoms with van der Waals surface area (Å²) in [4.78, 5) is 2.77. The van der Waals surface area contributed by atoms with Crippen molar-refractivity contribution in [1.29, 1.82) is 0 Å². The lowest BCUT2D eigenvalue weighted by Crippen LogP contribution is -2.01. The second-order valence-corrected chi connectivity index (χ2v) is 1.92. The molecule has 0 fully saturated rings. The molecule has 0 radical (unpaired) electrons. The lowest BCUT2D eigenvalue weighted by Gasteiger charge is -1.99. The van der Waals surface area contributed by atoms with Crippen molar-refractivity contribution in [1.82, 2.24) is 4.83 Å². The maximum atomic E-state index is 3.77. The van der Waals surface area contributed by atoms with Gasteiger partial charge < -0.3 is 0 Å². The van der Waals surface area contributed by atoms with E-state index in [0.717, 1.165) is 12.2 Å². The van der Waals surface area contributed by atoms with Gasteiger partial charge in [-0.15, -0.1) is 0 Å². The first-order chi connectivity index (χ1) is 3.00. The fraction of sp³-hybridized carbons (Fsp3) is 0.667. The molecule has 0 atom stereocenters. The highest BCUT2D eigenvalue weighted by molar-refractivity contribution is 7.97. The zero-order valence-corrected chi connectivity index (χ0v) is 4.16. The van der Waals surface area contributed by atoms with Crippen molar-refractivity contribution in [3.05, 3.63) is 0 Å². The average Bonchev–Trinajstić information content (AvgIpc) is 1.72. The number of nitrogens with one attached hydrogen (secondary N) is 1. The molecule has 0 aliphatic carbocycles. The molecular formula is C3H6N2S. The van der Waals surface area contributed by atoms with Crippen LogP contribution in [0.2, 0.25) is 0 Å². The molecule has 0 spiro atoms. The maximum absolute atomic E-state index is 3.77. The Morgan fingerprint density at radius 3 is 3.00 bits per heavy atom. The van der Waals surface area contributed by atoms with E-state index in [0.29, 0.717) is 0 Å². The van der Waals surface area contributed by atoms with Crippen LogP contribution in [0.15, 0.2) is 5.10 Å². The molecule has 1 rings (SSSR count). The van der Waals surface area contributed by atoms with Gasteiger partial charge in [-0.25, -0.2) is 0 Å². The zero-order valence-electron chi connectivity index (χ0n) is 3.35. The van der Waals surface area contributed by atoms with Crippen LogP contribution in [0.1, 0.15) is 6.42 Å². The SMILES string of the molecule is C1=NNSCC1. The molecule has 6 heavy (non-hydrogen) atoms. The van der Waals surface area contributed by atoms with Crippen LogP contribution in [-0.2, 0) is 0 Å². The van der Waals surface area contributed by atoms with Crippen molar-refractivity contribution in [2.75, 3.05) is 5.75 Å². The Hall–Kier alpha value is -0.180. The number of nitrogens with zero attached hydrogens (tertiary/aromatic N) is 1. The molecule has 2 nitrogen and oxygen atoms in total. The van der Waals surface area contributed by atoms with Gasteiger partial charge in [0.25, 0.3) is 0 Å². The molecule has 0 saturated heterocycles. The van der Waals surface area contributed by atoms with Crippen LogP contribution in [0.4, 0.5) is 0 Å². The van der Waals surface area contributed by atoms with Crippen molar-refractivity contribution in [3.63, 3.8) is 0 Å². The van der Waals surface area contributed by atoms with Crippen LogP contribution in [0.25, 0.3) is 0 Å². The fourth-order valence-corrected chi connectivity index (χ4v) is 0.760. The summed E-state index contributed by atoms with van der Waals surface area (Å²) in [6.07, 6.45) is 2.99. The van der Waals surface area contributed by atoms with Crippen LogP contribution >= 0.6 is 11.9 Å². The summed E-state index contributed by atoms with van der Waals surface area (Å²) >= 11 is 1.65. The molecule has 1 aliphatic heterocycles. The minimum Gasteiger partial charge on any atom is -0.252 e. The van der Waals surface area contributed by atoms with E-state index in [9.17, 15) is 0 Å². The van der Waals surface area contributed by atoms with Gasteiger partial charge in [-0.05, 0) is 18.4 Å².